The number of anilines is 2. The SMILES string of the molecule is C=CCN(c1ccccc1)c1oc2ccc(C)cc2c(=O)c1C=O. The largest absolute Gasteiger partial charge is 0.439 e. The van der Waals surface area contributed by atoms with E-state index in [0.29, 0.717) is 23.8 Å². The van der Waals surface area contributed by atoms with E-state index in [4.69, 9.17) is 4.42 Å². The number of carbonyl (C=O) groups is 1. The number of carbonyl (C=O) groups excluding carboxylic acids is 1. The third-order valence-electron chi connectivity index (χ3n) is 3.80. The van der Waals surface area contributed by atoms with Gasteiger partial charge in [-0.15, -0.1) is 6.58 Å². The number of para-hydroxylation sites is 1. The summed E-state index contributed by atoms with van der Waals surface area (Å²) in [6.07, 6.45) is 2.25. The zero-order valence-corrected chi connectivity index (χ0v) is 13.4. The number of aryl methyl sites for hydroxylation is 1. The Morgan fingerprint density at radius 1 is 1.17 bits per heavy atom. The minimum atomic E-state index is -0.324. The van der Waals surface area contributed by atoms with E-state index in [1.807, 2.05) is 43.3 Å². The van der Waals surface area contributed by atoms with Crippen molar-refractivity contribution in [2.45, 2.75) is 6.92 Å². The van der Waals surface area contributed by atoms with Crippen LogP contribution >= 0.6 is 0 Å². The van der Waals surface area contributed by atoms with Gasteiger partial charge in [0, 0.05) is 12.2 Å². The Hall–Kier alpha value is -3.14. The van der Waals surface area contributed by atoms with Gasteiger partial charge >= 0.3 is 0 Å². The summed E-state index contributed by atoms with van der Waals surface area (Å²) in [5.41, 5.74) is 1.89. The lowest BCUT2D eigenvalue weighted by Crippen LogP contribution is -2.22. The number of rotatable bonds is 5. The van der Waals surface area contributed by atoms with Crippen LogP contribution in [0.5, 0.6) is 0 Å². The molecule has 4 nitrogen and oxygen atoms in total. The molecule has 0 atom stereocenters. The number of aldehydes is 1. The predicted octanol–water partition coefficient (Wildman–Crippen LogP) is 4.24. The summed E-state index contributed by atoms with van der Waals surface area (Å²) in [7, 11) is 0. The van der Waals surface area contributed by atoms with Gasteiger partial charge in [-0.05, 0) is 31.2 Å². The topological polar surface area (TPSA) is 50.5 Å². The Bertz CT molecular complexity index is 958. The van der Waals surface area contributed by atoms with Crippen LogP contribution in [0.1, 0.15) is 15.9 Å². The molecular weight excluding hydrogens is 302 g/mol. The molecule has 0 spiro atoms. The summed E-state index contributed by atoms with van der Waals surface area (Å²) in [5.74, 6) is 0.234. The van der Waals surface area contributed by atoms with Crippen molar-refractivity contribution in [2.24, 2.45) is 0 Å². The van der Waals surface area contributed by atoms with Crippen molar-refractivity contribution >= 4 is 28.8 Å². The van der Waals surface area contributed by atoms with Crippen LogP contribution in [-0.4, -0.2) is 12.8 Å². The standard InChI is InChI=1S/C20H17NO3/c1-3-11-21(15-7-5-4-6-8-15)20-17(13-22)19(23)16-12-14(2)9-10-18(16)24-20/h3-10,12-13H,1,11H2,2H3. The van der Waals surface area contributed by atoms with E-state index in [9.17, 15) is 9.59 Å². The first-order valence-corrected chi connectivity index (χ1v) is 7.62. The number of hydrogen-bond donors (Lipinski definition) is 0. The Kier molecular flexibility index (Phi) is 4.29. The van der Waals surface area contributed by atoms with Crippen molar-refractivity contribution in [1.82, 2.24) is 0 Å². The average Bonchev–Trinajstić information content (AvgIpc) is 2.61. The van der Waals surface area contributed by atoms with E-state index >= 15 is 0 Å². The molecule has 0 N–H and O–H groups in total. The molecule has 24 heavy (non-hydrogen) atoms. The third-order valence-corrected chi connectivity index (χ3v) is 3.80. The molecule has 0 fully saturated rings. The lowest BCUT2D eigenvalue weighted by Gasteiger charge is -2.23. The van der Waals surface area contributed by atoms with Crippen molar-refractivity contribution in [3.8, 4) is 0 Å². The van der Waals surface area contributed by atoms with Crippen LogP contribution in [0.2, 0.25) is 0 Å². The second-order valence-electron chi connectivity index (χ2n) is 5.50. The highest BCUT2D eigenvalue weighted by Crippen LogP contribution is 2.29. The van der Waals surface area contributed by atoms with Gasteiger partial charge in [0.05, 0.1) is 5.39 Å². The maximum absolute atomic E-state index is 12.7. The third kappa shape index (κ3) is 2.74. The van der Waals surface area contributed by atoms with E-state index < -0.39 is 0 Å². The van der Waals surface area contributed by atoms with E-state index in [-0.39, 0.29) is 16.9 Å². The van der Waals surface area contributed by atoms with Gasteiger partial charge in [-0.3, -0.25) is 9.59 Å². The normalized spacial score (nSPS) is 10.5. The van der Waals surface area contributed by atoms with Gasteiger partial charge in [0.1, 0.15) is 11.1 Å². The first-order valence-electron chi connectivity index (χ1n) is 7.62. The lowest BCUT2D eigenvalue weighted by molar-refractivity contribution is 0.112. The minimum absolute atomic E-state index is 0.0128. The van der Waals surface area contributed by atoms with Crippen LogP contribution in [0, 0.1) is 6.92 Å². The number of fused-ring (bicyclic) bond motifs is 1. The van der Waals surface area contributed by atoms with Gasteiger partial charge in [0.2, 0.25) is 11.3 Å². The molecule has 3 rings (SSSR count). The molecule has 0 unspecified atom stereocenters. The van der Waals surface area contributed by atoms with Crippen molar-refractivity contribution in [3.05, 3.63) is 82.5 Å². The molecule has 0 saturated heterocycles. The fourth-order valence-corrected chi connectivity index (χ4v) is 2.66. The van der Waals surface area contributed by atoms with Crippen LogP contribution in [0.15, 0.2) is 70.4 Å². The summed E-state index contributed by atoms with van der Waals surface area (Å²) in [5, 5.41) is 0.410. The highest BCUT2D eigenvalue weighted by atomic mass is 16.4. The summed E-state index contributed by atoms with van der Waals surface area (Å²) in [6, 6.07) is 14.8. The summed E-state index contributed by atoms with van der Waals surface area (Å²) in [6.45, 7) is 6.05. The molecule has 0 bridgehead atoms. The minimum Gasteiger partial charge on any atom is -0.439 e. The summed E-state index contributed by atoms with van der Waals surface area (Å²) in [4.78, 5) is 26.1. The Morgan fingerprint density at radius 2 is 1.92 bits per heavy atom. The Balaban J connectivity index is 2.30. The Labute approximate surface area is 139 Å². The predicted molar refractivity (Wildman–Crippen MR) is 96.3 cm³/mol. The van der Waals surface area contributed by atoms with Crippen LogP contribution in [0.4, 0.5) is 11.6 Å². The monoisotopic (exact) mass is 319 g/mol. The van der Waals surface area contributed by atoms with E-state index in [2.05, 4.69) is 6.58 Å². The molecule has 3 aromatic rings. The molecule has 1 heterocycles. The summed E-state index contributed by atoms with van der Waals surface area (Å²) >= 11 is 0. The van der Waals surface area contributed by atoms with Gasteiger partial charge in [0.15, 0.2) is 6.29 Å². The van der Waals surface area contributed by atoms with Crippen molar-refractivity contribution in [2.75, 3.05) is 11.4 Å². The highest BCUT2D eigenvalue weighted by Gasteiger charge is 2.20. The van der Waals surface area contributed by atoms with E-state index in [0.717, 1.165) is 11.3 Å². The van der Waals surface area contributed by atoms with Crippen LogP contribution < -0.4 is 10.3 Å². The van der Waals surface area contributed by atoms with Crippen molar-refractivity contribution < 1.29 is 9.21 Å². The molecule has 0 aliphatic rings. The van der Waals surface area contributed by atoms with E-state index in [1.54, 1.807) is 23.1 Å². The van der Waals surface area contributed by atoms with E-state index in [1.165, 1.54) is 0 Å². The van der Waals surface area contributed by atoms with Gasteiger partial charge in [0.25, 0.3) is 0 Å². The molecule has 0 saturated carbocycles. The highest BCUT2D eigenvalue weighted by molar-refractivity contribution is 5.91. The summed E-state index contributed by atoms with van der Waals surface area (Å²) < 4.78 is 5.94. The number of nitrogens with zero attached hydrogens (tertiary/aromatic N) is 1. The molecule has 4 heteroatoms. The lowest BCUT2D eigenvalue weighted by atomic mass is 10.1. The van der Waals surface area contributed by atoms with Crippen LogP contribution in [0.25, 0.3) is 11.0 Å². The molecular formula is C20H17NO3. The van der Waals surface area contributed by atoms with Gasteiger partial charge in [-0.1, -0.05) is 35.9 Å². The van der Waals surface area contributed by atoms with Gasteiger partial charge < -0.3 is 9.32 Å². The fraction of sp³-hybridized carbons (Fsp3) is 0.100. The smallest absolute Gasteiger partial charge is 0.215 e. The average molecular weight is 319 g/mol. The van der Waals surface area contributed by atoms with Crippen molar-refractivity contribution in [3.63, 3.8) is 0 Å². The first kappa shape index (κ1) is 15.7. The molecule has 0 aliphatic heterocycles. The molecule has 0 radical (unpaired) electrons. The van der Waals surface area contributed by atoms with Crippen LogP contribution in [0.3, 0.4) is 0 Å². The maximum atomic E-state index is 12.7. The van der Waals surface area contributed by atoms with Crippen molar-refractivity contribution in [1.29, 1.82) is 0 Å². The molecule has 2 aromatic carbocycles. The zero-order valence-electron chi connectivity index (χ0n) is 13.4. The number of hydrogen-bond acceptors (Lipinski definition) is 4. The Morgan fingerprint density at radius 3 is 2.58 bits per heavy atom. The van der Waals surface area contributed by atoms with Gasteiger partial charge in [-0.2, -0.15) is 0 Å². The molecule has 120 valence electrons. The maximum Gasteiger partial charge on any atom is 0.215 e. The molecule has 0 amide bonds. The molecule has 0 aliphatic carbocycles. The first-order chi connectivity index (χ1) is 11.7. The quantitative estimate of drug-likeness (QED) is 0.521. The van der Waals surface area contributed by atoms with Crippen LogP contribution in [-0.2, 0) is 0 Å². The second-order valence-corrected chi connectivity index (χ2v) is 5.50. The number of benzene rings is 2. The zero-order chi connectivity index (χ0) is 17.1. The van der Waals surface area contributed by atoms with Gasteiger partial charge in [-0.25, -0.2) is 0 Å². The second kappa shape index (κ2) is 6.54. The molecule has 1 aromatic heterocycles. The fourth-order valence-electron chi connectivity index (χ4n) is 2.66.